The van der Waals surface area contributed by atoms with Gasteiger partial charge in [0.2, 0.25) is 11.9 Å². The van der Waals surface area contributed by atoms with Gasteiger partial charge in [-0.3, -0.25) is 15.0 Å². The monoisotopic (exact) mass is 516 g/mol. The SMILES string of the molecule is COc1cc(C(=O)NN2CCN(C)CC2)ccc1Nc1ncc2c(n1)N(c1ccccc1)CCC(=O)N2C. The van der Waals surface area contributed by atoms with Gasteiger partial charge >= 0.3 is 0 Å². The van der Waals surface area contributed by atoms with E-state index in [1.54, 1.807) is 43.5 Å². The van der Waals surface area contributed by atoms with Crippen molar-refractivity contribution in [3.8, 4) is 5.75 Å². The first-order valence-electron chi connectivity index (χ1n) is 12.6. The van der Waals surface area contributed by atoms with Gasteiger partial charge in [-0.1, -0.05) is 18.2 Å². The second-order valence-electron chi connectivity index (χ2n) is 9.36. The zero-order valence-corrected chi connectivity index (χ0v) is 21.8. The Morgan fingerprint density at radius 2 is 1.76 bits per heavy atom. The maximum Gasteiger partial charge on any atom is 0.265 e. The van der Waals surface area contributed by atoms with Crippen LogP contribution in [0, 0.1) is 0 Å². The average Bonchev–Trinajstić information content (AvgIpc) is 3.06. The summed E-state index contributed by atoms with van der Waals surface area (Å²) in [4.78, 5) is 40.6. The van der Waals surface area contributed by atoms with E-state index in [2.05, 4.69) is 27.7 Å². The van der Waals surface area contributed by atoms with Gasteiger partial charge in [0.25, 0.3) is 5.91 Å². The predicted molar refractivity (Wildman–Crippen MR) is 146 cm³/mol. The van der Waals surface area contributed by atoms with Gasteiger partial charge in [-0.25, -0.2) is 9.99 Å². The number of nitrogens with zero attached hydrogens (tertiary/aromatic N) is 6. The van der Waals surface area contributed by atoms with Crippen molar-refractivity contribution in [2.45, 2.75) is 6.42 Å². The molecule has 11 heteroatoms. The Hall–Kier alpha value is -4.22. The summed E-state index contributed by atoms with van der Waals surface area (Å²) in [5, 5.41) is 5.15. The fraction of sp³-hybridized carbons (Fsp3) is 0.333. The van der Waals surface area contributed by atoms with Gasteiger partial charge in [-0.2, -0.15) is 4.98 Å². The van der Waals surface area contributed by atoms with E-state index in [4.69, 9.17) is 9.72 Å². The highest BCUT2D eigenvalue weighted by atomic mass is 16.5. The van der Waals surface area contributed by atoms with Crippen molar-refractivity contribution in [3.05, 3.63) is 60.3 Å². The van der Waals surface area contributed by atoms with E-state index in [9.17, 15) is 9.59 Å². The number of para-hydroxylation sites is 1. The summed E-state index contributed by atoms with van der Waals surface area (Å²) in [5.41, 5.74) is 5.65. The smallest absolute Gasteiger partial charge is 0.265 e. The standard InChI is InChI=1S/C27H32N8O3/c1-32-13-15-34(16-14-32)31-26(37)19-9-10-21(23(17-19)38-3)29-27-28-18-22-25(30-27)35(12-11-24(36)33(22)2)20-7-5-4-6-8-20/h4-10,17-18H,11-16H2,1-3H3,(H,31,37)(H,28,29,30). The van der Waals surface area contributed by atoms with E-state index >= 15 is 0 Å². The zero-order chi connectivity index (χ0) is 26.6. The molecule has 2 amide bonds. The number of anilines is 5. The second-order valence-corrected chi connectivity index (χ2v) is 9.36. The van der Waals surface area contributed by atoms with Crippen molar-refractivity contribution >= 4 is 40.6 Å². The van der Waals surface area contributed by atoms with E-state index in [0.717, 1.165) is 31.9 Å². The molecule has 5 rings (SSSR count). The lowest BCUT2D eigenvalue weighted by molar-refractivity contribution is -0.118. The average molecular weight is 517 g/mol. The highest BCUT2D eigenvalue weighted by Gasteiger charge is 2.27. The number of likely N-dealkylation sites (N-methyl/N-ethyl adjacent to an activating group) is 1. The van der Waals surface area contributed by atoms with Gasteiger partial charge in [0.1, 0.15) is 11.4 Å². The normalized spacial score (nSPS) is 16.6. The molecule has 0 atom stereocenters. The van der Waals surface area contributed by atoms with Crippen LogP contribution in [0.5, 0.6) is 5.75 Å². The summed E-state index contributed by atoms with van der Waals surface area (Å²) in [6.07, 6.45) is 2.00. The summed E-state index contributed by atoms with van der Waals surface area (Å²) in [5.74, 6) is 1.28. The van der Waals surface area contributed by atoms with Crippen LogP contribution in [0.3, 0.4) is 0 Å². The Bertz CT molecular complexity index is 1310. The summed E-state index contributed by atoms with van der Waals surface area (Å²) in [6, 6.07) is 15.1. The molecule has 0 bridgehead atoms. The van der Waals surface area contributed by atoms with Crippen LogP contribution in [0.1, 0.15) is 16.8 Å². The van der Waals surface area contributed by atoms with Gasteiger partial charge in [-0.15, -0.1) is 0 Å². The number of carbonyl (C=O) groups excluding carboxylic acids is 2. The molecule has 3 heterocycles. The first-order valence-corrected chi connectivity index (χ1v) is 12.6. The Labute approximate surface area is 222 Å². The number of hydrogen-bond donors (Lipinski definition) is 2. The topological polar surface area (TPSA) is 106 Å². The van der Waals surface area contributed by atoms with Crippen LogP contribution in [0.15, 0.2) is 54.7 Å². The van der Waals surface area contributed by atoms with E-state index in [1.165, 1.54) is 0 Å². The minimum atomic E-state index is -0.188. The number of amides is 2. The molecule has 1 saturated heterocycles. The summed E-state index contributed by atoms with van der Waals surface area (Å²) < 4.78 is 5.59. The minimum absolute atomic E-state index is 0.00102. The Kier molecular flexibility index (Phi) is 7.38. The molecule has 2 aliphatic heterocycles. The lowest BCUT2D eigenvalue weighted by Gasteiger charge is -2.32. The highest BCUT2D eigenvalue weighted by Crippen LogP contribution is 2.36. The number of fused-ring (bicyclic) bond motifs is 1. The first kappa shape index (κ1) is 25.4. The quantitative estimate of drug-likeness (QED) is 0.511. The third-order valence-electron chi connectivity index (χ3n) is 6.83. The lowest BCUT2D eigenvalue weighted by Crippen LogP contribution is -2.52. The van der Waals surface area contributed by atoms with Crippen LogP contribution in [0.25, 0.3) is 0 Å². The maximum atomic E-state index is 12.8. The lowest BCUT2D eigenvalue weighted by atomic mass is 10.1. The number of piperazine rings is 1. The Balaban J connectivity index is 1.39. The summed E-state index contributed by atoms with van der Waals surface area (Å²) in [7, 11) is 5.36. The van der Waals surface area contributed by atoms with Crippen LogP contribution in [-0.2, 0) is 4.79 Å². The van der Waals surface area contributed by atoms with Gasteiger partial charge in [-0.05, 0) is 37.4 Å². The van der Waals surface area contributed by atoms with Crippen LogP contribution >= 0.6 is 0 Å². The molecular formula is C27H32N8O3. The predicted octanol–water partition coefficient (Wildman–Crippen LogP) is 2.63. The number of carbonyl (C=O) groups is 2. The number of aromatic nitrogens is 2. The van der Waals surface area contributed by atoms with Crippen LogP contribution in [0.4, 0.5) is 28.8 Å². The number of methoxy groups -OCH3 is 1. The van der Waals surface area contributed by atoms with Crippen LogP contribution in [-0.4, -0.2) is 85.6 Å². The number of ether oxygens (including phenoxy) is 1. The van der Waals surface area contributed by atoms with Crippen molar-refractivity contribution in [3.63, 3.8) is 0 Å². The number of benzene rings is 2. The van der Waals surface area contributed by atoms with Crippen molar-refractivity contribution in [2.24, 2.45) is 0 Å². The van der Waals surface area contributed by atoms with Crippen molar-refractivity contribution in [2.75, 3.05) is 69.0 Å². The number of nitrogens with one attached hydrogen (secondary N) is 2. The minimum Gasteiger partial charge on any atom is -0.495 e. The molecule has 11 nitrogen and oxygen atoms in total. The fourth-order valence-electron chi connectivity index (χ4n) is 4.52. The molecule has 3 aromatic rings. The highest BCUT2D eigenvalue weighted by molar-refractivity contribution is 5.98. The largest absolute Gasteiger partial charge is 0.495 e. The molecular weight excluding hydrogens is 484 g/mol. The molecule has 1 fully saturated rings. The van der Waals surface area contributed by atoms with Gasteiger partial charge in [0.15, 0.2) is 5.82 Å². The van der Waals surface area contributed by atoms with Gasteiger partial charge in [0, 0.05) is 57.4 Å². The van der Waals surface area contributed by atoms with E-state index < -0.39 is 0 Å². The number of rotatable bonds is 6. The van der Waals surface area contributed by atoms with Crippen LogP contribution < -0.4 is 25.3 Å². The molecule has 0 radical (unpaired) electrons. The first-order chi connectivity index (χ1) is 18.4. The molecule has 2 N–H and O–H groups in total. The maximum absolute atomic E-state index is 12.8. The molecule has 2 aliphatic rings. The second kappa shape index (κ2) is 11.0. The van der Waals surface area contributed by atoms with E-state index in [-0.39, 0.29) is 11.8 Å². The van der Waals surface area contributed by atoms with Crippen molar-refractivity contribution in [1.29, 1.82) is 0 Å². The zero-order valence-electron chi connectivity index (χ0n) is 21.8. The Morgan fingerprint density at radius 1 is 1.00 bits per heavy atom. The third kappa shape index (κ3) is 5.38. The molecule has 1 aromatic heterocycles. The van der Waals surface area contributed by atoms with Crippen LogP contribution in [0.2, 0.25) is 0 Å². The summed E-state index contributed by atoms with van der Waals surface area (Å²) in [6.45, 7) is 3.85. The fourth-order valence-corrected chi connectivity index (χ4v) is 4.52. The number of hydrogen-bond acceptors (Lipinski definition) is 9. The molecule has 38 heavy (non-hydrogen) atoms. The van der Waals surface area contributed by atoms with E-state index in [0.29, 0.717) is 47.4 Å². The molecule has 0 spiro atoms. The summed E-state index contributed by atoms with van der Waals surface area (Å²) >= 11 is 0. The Morgan fingerprint density at radius 3 is 2.50 bits per heavy atom. The van der Waals surface area contributed by atoms with Gasteiger partial charge in [0.05, 0.1) is 19.0 Å². The van der Waals surface area contributed by atoms with E-state index in [1.807, 2.05) is 40.2 Å². The molecule has 0 unspecified atom stereocenters. The molecule has 0 saturated carbocycles. The van der Waals surface area contributed by atoms with Crippen molar-refractivity contribution in [1.82, 2.24) is 25.3 Å². The third-order valence-corrected chi connectivity index (χ3v) is 6.83. The molecule has 0 aliphatic carbocycles. The molecule has 2 aromatic carbocycles. The van der Waals surface area contributed by atoms with Crippen molar-refractivity contribution < 1.29 is 14.3 Å². The molecule has 198 valence electrons. The number of hydrazine groups is 1. The van der Waals surface area contributed by atoms with Gasteiger partial charge < -0.3 is 24.8 Å².